The smallest absolute Gasteiger partial charge is 0.276 e. The van der Waals surface area contributed by atoms with Gasteiger partial charge in [-0.15, -0.1) is 0 Å². The van der Waals surface area contributed by atoms with Gasteiger partial charge >= 0.3 is 0 Å². The van der Waals surface area contributed by atoms with E-state index in [1.54, 1.807) is 0 Å². The minimum absolute atomic E-state index is 0.184. The normalized spacial score (nSPS) is 11.1. The molecule has 0 saturated heterocycles. The Labute approximate surface area is 135 Å². The van der Waals surface area contributed by atoms with Gasteiger partial charge in [0.25, 0.3) is 5.91 Å². The van der Waals surface area contributed by atoms with Crippen molar-refractivity contribution in [1.82, 2.24) is 14.3 Å². The van der Waals surface area contributed by atoms with E-state index < -0.39 is 0 Å². The summed E-state index contributed by atoms with van der Waals surface area (Å²) in [6.45, 7) is 2.64. The Morgan fingerprint density at radius 2 is 2.04 bits per heavy atom. The quantitative estimate of drug-likeness (QED) is 0.806. The molecule has 0 aliphatic rings. The fraction of sp³-hybridized carbons (Fsp3) is 0.222. The molecule has 0 spiro atoms. The molecule has 1 amide bonds. The van der Waals surface area contributed by atoms with Gasteiger partial charge in [0.15, 0.2) is 5.69 Å². The van der Waals surface area contributed by atoms with Gasteiger partial charge in [-0.05, 0) is 50.8 Å². The average Bonchev–Trinajstić information content (AvgIpc) is 2.86. The second-order valence-corrected chi connectivity index (χ2v) is 5.90. The third-order valence-electron chi connectivity index (χ3n) is 3.59. The number of pyridine rings is 1. The summed E-state index contributed by atoms with van der Waals surface area (Å²) in [5.74, 6) is -0.184. The molecule has 0 saturated carbocycles. The SMILES string of the molecule is Cc1cccc(NC(=O)c2nc3ccccn3c2CN(C)C)c1. The molecule has 0 aliphatic carbocycles. The Hall–Kier alpha value is -2.66. The number of hydrogen-bond acceptors (Lipinski definition) is 3. The van der Waals surface area contributed by atoms with Crippen molar-refractivity contribution < 1.29 is 4.79 Å². The summed E-state index contributed by atoms with van der Waals surface area (Å²) >= 11 is 0. The lowest BCUT2D eigenvalue weighted by Gasteiger charge is -2.11. The predicted octanol–water partition coefficient (Wildman–Crippen LogP) is 2.96. The van der Waals surface area contributed by atoms with Crippen LogP contribution in [0.15, 0.2) is 48.7 Å². The highest BCUT2D eigenvalue weighted by molar-refractivity contribution is 6.04. The van der Waals surface area contributed by atoms with Gasteiger partial charge in [-0.2, -0.15) is 0 Å². The molecule has 1 N–H and O–H groups in total. The van der Waals surface area contributed by atoms with E-state index in [-0.39, 0.29) is 5.91 Å². The molecule has 1 aromatic carbocycles. The van der Waals surface area contributed by atoms with Crippen molar-refractivity contribution in [2.75, 3.05) is 19.4 Å². The molecule has 3 rings (SSSR count). The molecule has 5 heteroatoms. The molecule has 0 fully saturated rings. The van der Waals surface area contributed by atoms with Crippen LogP contribution in [0.1, 0.15) is 21.7 Å². The standard InChI is InChI=1S/C18H20N4O/c1-13-7-6-8-14(11-13)19-18(23)17-15(12-21(2)3)22-10-5-4-9-16(22)20-17/h4-11H,12H2,1-3H3,(H,19,23). The first kappa shape index (κ1) is 15.2. The molecule has 118 valence electrons. The lowest BCUT2D eigenvalue weighted by Crippen LogP contribution is -2.19. The van der Waals surface area contributed by atoms with Crippen LogP contribution in [0.5, 0.6) is 0 Å². The van der Waals surface area contributed by atoms with Gasteiger partial charge in [0.05, 0.1) is 5.69 Å². The fourth-order valence-corrected chi connectivity index (χ4v) is 2.59. The number of carbonyl (C=O) groups is 1. The second-order valence-electron chi connectivity index (χ2n) is 5.90. The molecule has 0 bridgehead atoms. The van der Waals surface area contributed by atoms with Crippen molar-refractivity contribution in [3.8, 4) is 0 Å². The van der Waals surface area contributed by atoms with Crippen LogP contribution < -0.4 is 5.32 Å². The molecule has 23 heavy (non-hydrogen) atoms. The number of rotatable bonds is 4. The summed E-state index contributed by atoms with van der Waals surface area (Å²) in [6, 6.07) is 13.5. The van der Waals surface area contributed by atoms with Crippen LogP contribution in [0, 0.1) is 6.92 Å². The van der Waals surface area contributed by atoms with Crippen molar-refractivity contribution in [3.05, 3.63) is 65.6 Å². The third-order valence-corrected chi connectivity index (χ3v) is 3.59. The number of imidazole rings is 1. The topological polar surface area (TPSA) is 49.6 Å². The van der Waals surface area contributed by atoms with Crippen LogP contribution in [0.3, 0.4) is 0 Å². The van der Waals surface area contributed by atoms with Crippen LogP contribution in [0.2, 0.25) is 0 Å². The lowest BCUT2D eigenvalue weighted by molar-refractivity contribution is 0.102. The number of hydrogen-bond donors (Lipinski definition) is 1. The number of anilines is 1. The highest BCUT2D eigenvalue weighted by Gasteiger charge is 2.19. The van der Waals surface area contributed by atoms with Gasteiger partial charge in [-0.25, -0.2) is 4.98 Å². The summed E-state index contributed by atoms with van der Waals surface area (Å²) in [5.41, 5.74) is 4.01. The van der Waals surface area contributed by atoms with E-state index in [9.17, 15) is 4.79 Å². The van der Waals surface area contributed by atoms with E-state index in [2.05, 4.69) is 10.3 Å². The monoisotopic (exact) mass is 308 g/mol. The molecule has 5 nitrogen and oxygen atoms in total. The van der Waals surface area contributed by atoms with Gasteiger partial charge in [0, 0.05) is 18.4 Å². The lowest BCUT2D eigenvalue weighted by atomic mass is 10.2. The Bertz CT molecular complexity index is 851. The van der Waals surface area contributed by atoms with Gasteiger partial charge in [0.2, 0.25) is 0 Å². The Kier molecular flexibility index (Phi) is 4.12. The largest absolute Gasteiger partial charge is 0.321 e. The Morgan fingerprint density at radius 3 is 2.78 bits per heavy atom. The highest BCUT2D eigenvalue weighted by atomic mass is 16.1. The molecular weight excluding hydrogens is 288 g/mol. The number of fused-ring (bicyclic) bond motifs is 1. The average molecular weight is 308 g/mol. The Balaban J connectivity index is 1.99. The highest BCUT2D eigenvalue weighted by Crippen LogP contribution is 2.17. The summed E-state index contributed by atoms with van der Waals surface area (Å²) in [7, 11) is 3.95. The number of nitrogens with one attached hydrogen (secondary N) is 1. The molecule has 0 unspecified atom stereocenters. The Morgan fingerprint density at radius 1 is 1.22 bits per heavy atom. The zero-order chi connectivity index (χ0) is 16.4. The van der Waals surface area contributed by atoms with Gasteiger partial charge in [0.1, 0.15) is 5.65 Å². The van der Waals surface area contributed by atoms with Crippen molar-refractivity contribution >= 4 is 17.2 Å². The summed E-state index contributed by atoms with van der Waals surface area (Å²) in [6.07, 6.45) is 1.94. The van der Waals surface area contributed by atoms with Crippen molar-refractivity contribution in [3.63, 3.8) is 0 Å². The van der Waals surface area contributed by atoms with E-state index in [1.807, 2.05) is 79.0 Å². The molecule has 0 aliphatic heterocycles. The fourth-order valence-electron chi connectivity index (χ4n) is 2.59. The zero-order valence-electron chi connectivity index (χ0n) is 13.6. The maximum absolute atomic E-state index is 12.7. The van der Waals surface area contributed by atoms with Gasteiger partial charge < -0.3 is 14.6 Å². The second kappa shape index (κ2) is 6.22. The van der Waals surface area contributed by atoms with Crippen molar-refractivity contribution in [2.45, 2.75) is 13.5 Å². The van der Waals surface area contributed by atoms with E-state index >= 15 is 0 Å². The minimum Gasteiger partial charge on any atom is -0.321 e. The molecule has 2 heterocycles. The predicted molar refractivity (Wildman–Crippen MR) is 91.7 cm³/mol. The number of benzene rings is 1. The molecule has 0 atom stereocenters. The molecule has 3 aromatic rings. The van der Waals surface area contributed by atoms with Crippen LogP contribution in [-0.4, -0.2) is 34.3 Å². The molecular formula is C18H20N4O. The van der Waals surface area contributed by atoms with E-state index in [1.165, 1.54) is 0 Å². The molecule has 0 radical (unpaired) electrons. The maximum atomic E-state index is 12.7. The number of aryl methyl sites for hydroxylation is 1. The molecule has 2 aromatic heterocycles. The first-order valence-corrected chi connectivity index (χ1v) is 7.53. The summed E-state index contributed by atoms with van der Waals surface area (Å²) < 4.78 is 1.96. The number of nitrogens with zero attached hydrogens (tertiary/aromatic N) is 3. The van der Waals surface area contributed by atoms with Crippen LogP contribution in [-0.2, 0) is 6.54 Å². The number of amides is 1. The van der Waals surface area contributed by atoms with Crippen molar-refractivity contribution in [1.29, 1.82) is 0 Å². The zero-order valence-corrected chi connectivity index (χ0v) is 13.6. The van der Waals surface area contributed by atoms with Crippen LogP contribution in [0.25, 0.3) is 5.65 Å². The number of carbonyl (C=O) groups excluding carboxylic acids is 1. The first-order chi connectivity index (χ1) is 11.0. The minimum atomic E-state index is -0.184. The van der Waals surface area contributed by atoms with Gasteiger partial charge in [-0.3, -0.25) is 4.79 Å². The van der Waals surface area contributed by atoms with Crippen LogP contribution in [0.4, 0.5) is 5.69 Å². The van der Waals surface area contributed by atoms with E-state index in [4.69, 9.17) is 0 Å². The van der Waals surface area contributed by atoms with Crippen LogP contribution >= 0.6 is 0 Å². The first-order valence-electron chi connectivity index (χ1n) is 7.53. The summed E-state index contributed by atoms with van der Waals surface area (Å²) in [4.78, 5) is 19.2. The summed E-state index contributed by atoms with van der Waals surface area (Å²) in [5, 5.41) is 2.94. The van der Waals surface area contributed by atoms with E-state index in [0.29, 0.717) is 12.2 Å². The van der Waals surface area contributed by atoms with Crippen molar-refractivity contribution in [2.24, 2.45) is 0 Å². The third kappa shape index (κ3) is 3.24. The van der Waals surface area contributed by atoms with E-state index in [0.717, 1.165) is 22.6 Å². The van der Waals surface area contributed by atoms with Gasteiger partial charge in [-0.1, -0.05) is 18.2 Å². The maximum Gasteiger partial charge on any atom is 0.276 e. The number of aromatic nitrogens is 2.